The van der Waals surface area contributed by atoms with Gasteiger partial charge >= 0.3 is 0 Å². The molecule has 0 atom stereocenters. The molecule has 21 heavy (non-hydrogen) atoms. The van der Waals surface area contributed by atoms with E-state index in [9.17, 15) is 0 Å². The van der Waals surface area contributed by atoms with Gasteiger partial charge in [-0.3, -0.25) is 0 Å². The highest BCUT2D eigenvalue weighted by Gasteiger charge is 2.16. The van der Waals surface area contributed by atoms with E-state index >= 15 is 0 Å². The summed E-state index contributed by atoms with van der Waals surface area (Å²) in [5, 5.41) is 12.6. The summed E-state index contributed by atoms with van der Waals surface area (Å²) in [6.07, 6.45) is 0. The first kappa shape index (κ1) is 14.0. The van der Waals surface area contributed by atoms with E-state index in [0.717, 1.165) is 21.3 Å². The topological polar surface area (TPSA) is 69.6 Å². The van der Waals surface area contributed by atoms with Crippen LogP contribution in [-0.2, 0) is 0 Å². The maximum absolute atomic E-state index is 6.07. The second kappa shape index (κ2) is 5.46. The van der Waals surface area contributed by atoms with Gasteiger partial charge in [-0.2, -0.15) is 4.68 Å². The fraction of sp³-hybridized carbons (Fsp3) is 0.0714. The zero-order valence-corrected chi connectivity index (χ0v) is 13.4. The molecule has 1 heterocycles. The number of nitrogens with zero attached hydrogens (tertiary/aromatic N) is 4. The number of nitrogens with two attached hydrogens (primary N) is 1. The van der Waals surface area contributed by atoms with Crippen LogP contribution >= 0.6 is 27.5 Å². The molecule has 7 heteroatoms. The van der Waals surface area contributed by atoms with Crippen molar-refractivity contribution in [1.82, 2.24) is 20.2 Å². The highest BCUT2D eigenvalue weighted by Crippen LogP contribution is 2.30. The van der Waals surface area contributed by atoms with Crippen molar-refractivity contribution in [2.75, 3.05) is 5.73 Å². The number of rotatable bonds is 2. The Bertz CT molecular complexity index is 798. The molecular formula is C14H11BrClN5. The summed E-state index contributed by atoms with van der Waals surface area (Å²) in [5.41, 5.74) is 9.25. The van der Waals surface area contributed by atoms with E-state index in [-0.39, 0.29) is 0 Å². The summed E-state index contributed by atoms with van der Waals surface area (Å²) in [5.74, 6) is 0.614. The van der Waals surface area contributed by atoms with Gasteiger partial charge in [0.2, 0.25) is 0 Å². The molecule has 5 nitrogen and oxygen atoms in total. The molecule has 0 radical (unpaired) electrons. The van der Waals surface area contributed by atoms with Crippen molar-refractivity contribution in [3.05, 3.63) is 51.5 Å². The SMILES string of the molecule is Cc1c(N)cccc1-c1nnnn1-c1cc(Cl)ccc1Br. The number of halogens is 2. The van der Waals surface area contributed by atoms with E-state index in [1.54, 1.807) is 16.8 Å². The minimum absolute atomic E-state index is 0.610. The Morgan fingerprint density at radius 1 is 1.24 bits per heavy atom. The molecule has 0 aliphatic carbocycles. The molecule has 0 saturated carbocycles. The largest absolute Gasteiger partial charge is 0.398 e. The van der Waals surface area contributed by atoms with Crippen LogP contribution in [0.4, 0.5) is 5.69 Å². The third-order valence-corrected chi connectivity index (χ3v) is 4.13. The quantitative estimate of drug-likeness (QED) is 0.705. The van der Waals surface area contributed by atoms with Crippen LogP contribution in [-0.4, -0.2) is 20.2 Å². The molecule has 0 fully saturated rings. The van der Waals surface area contributed by atoms with Gasteiger partial charge in [0.1, 0.15) is 0 Å². The van der Waals surface area contributed by atoms with Gasteiger partial charge in [-0.05, 0) is 63.1 Å². The van der Waals surface area contributed by atoms with Crippen LogP contribution in [0.5, 0.6) is 0 Å². The van der Waals surface area contributed by atoms with Gasteiger partial charge in [0, 0.05) is 20.7 Å². The molecule has 106 valence electrons. The van der Waals surface area contributed by atoms with Crippen molar-refractivity contribution in [3.8, 4) is 17.1 Å². The van der Waals surface area contributed by atoms with Crippen LogP contribution in [0.2, 0.25) is 5.02 Å². The Labute approximate surface area is 134 Å². The fourth-order valence-electron chi connectivity index (χ4n) is 2.06. The maximum atomic E-state index is 6.07. The second-order valence-electron chi connectivity index (χ2n) is 4.53. The Morgan fingerprint density at radius 3 is 2.86 bits per heavy atom. The molecule has 0 aliphatic rings. The predicted octanol–water partition coefficient (Wildman–Crippen LogP) is 3.64. The minimum atomic E-state index is 0.610. The number of hydrogen-bond donors (Lipinski definition) is 1. The van der Waals surface area contributed by atoms with Gasteiger partial charge in [-0.1, -0.05) is 23.7 Å². The zero-order valence-electron chi connectivity index (χ0n) is 11.1. The fourth-order valence-corrected chi connectivity index (χ4v) is 2.64. The van der Waals surface area contributed by atoms with Crippen molar-refractivity contribution in [2.24, 2.45) is 0 Å². The van der Waals surface area contributed by atoms with Gasteiger partial charge in [0.25, 0.3) is 0 Å². The smallest absolute Gasteiger partial charge is 0.187 e. The summed E-state index contributed by atoms with van der Waals surface area (Å²) >= 11 is 9.56. The van der Waals surface area contributed by atoms with Crippen molar-refractivity contribution in [3.63, 3.8) is 0 Å². The van der Waals surface area contributed by atoms with Crippen LogP contribution in [0.1, 0.15) is 5.56 Å². The normalized spacial score (nSPS) is 10.8. The molecule has 3 aromatic rings. The molecular weight excluding hydrogens is 354 g/mol. The molecule has 1 aromatic heterocycles. The lowest BCUT2D eigenvalue weighted by Gasteiger charge is -2.10. The summed E-state index contributed by atoms with van der Waals surface area (Å²) in [6.45, 7) is 1.94. The van der Waals surface area contributed by atoms with Crippen LogP contribution in [0.3, 0.4) is 0 Å². The van der Waals surface area contributed by atoms with Crippen LogP contribution in [0.25, 0.3) is 17.1 Å². The van der Waals surface area contributed by atoms with Gasteiger partial charge in [-0.25, -0.2) is 0 Å². The number of nitrogen functional groups attached to an aromatic ring is 1. The summed E-state index contributed by atoms with van der Waals surface area (Å²) in [4.78, 5) is 0. The lowest BCUT2D eigenvalue weighted by atomic mass is 10.1. The van der Waals surface area contributed by atoms with E-state index < -0.39 is 0 Å². The predicted molar refractivity (Wildman–Crippen MR) is 86.4 cm³/mol. The zero-order chi connectivity index (χ0) is 15.0. The van der Waals surface area contributed by atoms with Gasteiger partial charge in [0.05, 0.1) is 5.69 Å². The first-order chi connectivity index (χ1) is 10.1. The molecule has 0 bridgehead atoms. The average molecular weight is 365 g/mol. The van der Waals surface area contributed by atoms with Gasteiger partial charge in [0.15, 0.2) is 5.82 Å². The van der Waals surface area contributed by atoms with Crippen LogP contribution in [0.15, 0.2) is 40.9 Å². The van der Waals surface area contributed by atoms with E-state index in [1.807, 2.05) is 31.2 Å². The molecule has 2 N–H and O–H groups in total. The number of benzene rings is 2. The first-order valence-corrected chi connectivity index (χ1v) is 7.34. The average Bonchev–Trinajstić information content (AvgIpc) is 2.93. The lowest BCUT2D eigenvalue weighted by molar-refractivity contribution is 0.789. The first-order valence-electron chi connectivity index (χ1n) is 6.17. The third kappa shape index (κ3) is 2.52. The van der Waals surface area contributed by atoms with E-state index in [2.05, 4.69) is 31.5 Å². The summed E-state index contributed by atoms with van der Waals surface area (Å²) < 4.78 is 2.49. The molecule has 0 saturated heterocycles. The standard InChI is InChI=1S/C14H11BrClN5/c1-8-10(3-2-4-12(8)17)14-18-19-20-21(14)13-7-9(16)5-6-11(13)15/h2-7H,17H2,1H3. The van der Waals surface area contributed by atoms with Crippen molar-refractivity contribution in [2.45, 2.75) is 6.92 Å². The number of aromatic nitrogens is 4. The molecule has 2 aromatic carbocycles. The van der Waals surface area contributed by atoms with Crippen molar-refractivity contribution >= 4 is 33.2 Å². The van der Waals surface area contributed by atoms with Crippen LogP contribution < -0.4 is 5.73 Å². The van der Waals surface area contributed by atoms with Crippen molar-refractivity contribution in [1.29, 1.82) is 0 Å². The third-order valence-electron chi connectivity index (χ3n) is 3.22. The number of tetrazole rings is 1. The van der Waals surface area contributed by atoms with Crippen LogP contribution in [0, 0.1) is 6.92 Å². The number of hydrogen-bond acceptors (Lipinski definition) is 4. The number of anilines is 1. The Morgan fingerprint density at radius 2 is 2.05 bits per heavy atom. The molecule has 0 spiro atoms. The maximum Gasteiger partial charge on any atom is 0.187 e. The minimum Gasteiger partial charge on any atom is -0.398 e. The molecule has 0 amide bonds. The Balaban J connectivity index is 2.22. The highest BCUT2D eigenvalue weighted by molar-refractivity contribution is 9.10. The summed E-state index contributed by atoms with van der Waals surface area (Å²) in [7, 11) is 0. The Hall–Kier alpha value is -1.92. The van der Waals surface area contributed by atoms with Gasteiger partial charge < -0.3 is 5.73 Å². The Kier molecular flexibility index (Phi) is 3.65. The van der Waals surface area contributed by atoms with Gasteiger partial charge in [-0.15, -0.1) is 5.10 Å². The van der Waals surface area contributed by atoms with E-state index in [4.69, 9.17) is 17.3 Å². The highest BCUT2D eigenvalue weighted by atomic mass is 79.9. The monoisotopic (exact) mass is 363 g/mol. The lowest BCUT2D eigenvalue weighted by Crippen LogP contribution is -2.02. The second-order valence-corrected chi connectivity index (χ2v) is 5.82. The van der Waals surface area contributed by atoms with E-state index in [0.29, 0.717) is 16.5 Å². The molecule has 0 aliphatic heterocycles. The molecule has 3 rings (SSSR count). The molecule has 0 unspecified atom stereocenters. The van der Waals surface area contributed by atoms with Crippen molar-refractivity contribution < 1.29 is 0 Å². The summed E-state index contributed by atoms with van der Waals surface area (Å²) in [6, 6.07) is 11.1. The van der Waals surface area contributed by atoms with E-state index in [1.165, 1.54) is 0 Å².